The van der Waals surface area contributed by atoms with Crippen LogP contribution in [0, 0.1) is 23.7 Å². The smallest absolute Gasteiger partial charge is 0.225 e. The number of nitrogens with zero attached hydrogens (tertiary/aromatic N) is 1. The molecule has 112 valence electrons. The van der Waals surface area contributed by atoms with Gasteiger partial charge < -0.3 is 10.6 Å². The van der Waals surface area contributed by atoms with Crippen LogP contribution in [0.1, 0.15) is 53.4 Å². The predicted octanol–water partition coefficient (Wildman–Crippen LogP) is 2.89. The first kappa shape index (κ1) is 16.5. The summed E-state index contributed by atoms with van der Waals surface area (Å²) < 4.78 is 0. The molecule has 1 saturated carbocycles. The Bertz CT molecular complexity index is 258. The molecule has 0 aromatic rings. The molecule has 3 heteroatoms. The van der Waals surface area contributed by atoms with Gasteiger partial charge in [0.1, 0.15) is 0 Å². The first-order chi connectivity index (χ1) is 8.93. The van der Waals surface area contributed by atoms with Crippen LogP contribution in [0.5, 0.6) is 0 Å². The summed E-state index contributed by atoms with van der Waals surface area (Å²) >= 11 is 0. The van der Waals surface area contributed by atoms with Gasteiger partial charge in [-0.25, -0.2) is 0 Å². The van der Waals surface area contributed by atoms with E-state index in [1.807, 2.05) is 0 Å². The molecule has 0 spiro atoms. The summed E-state index contributed by atoms with van der Waals surface area (Å²) in [5, 5.41) is 0. The van der Waals surface area contributed by atoms with E-state index in [0.717, 1.165) is 45.3 Å². The van der Waals surface area contributed by atoms with Crippen LogP contribution in [0.15, 0.2) is 0 Å². The van der Waals surface area contributed by atoms with Gasteiger partial charge in [0.25, 0.3) is 0 Å². The van der Waals surface area contributed by atoms with Crippen molar-refractivity contribution in [3.05, 3.63) is 0 Å². The van der Waals surface area contributed by atoms with Crippen LogP contribution in [0.4, 0.5) is 0 Å². The lowest BCUT2D eigenvalue weighted by atomic mass is 9.81. The number of nitrogens with two attached hydrogens (primary N) is 1. The van der Waals surface area contributed by atoms with Crippen molar-refractivity contribution in [1.82, 2.24) is 4.90 Å². The second-order valence-electron chi connectivity index (χ2n) is 6.98. The molecule has 1 aliphatic carbocycles. The third kappa shape index (κ3) is 5.52. The van der Waals surface area contributed by atoms with E-state index >= 15 is 0 Å². The molecule has 0 atom stereocenters. The molecule has 0 bridgehead atoms. The summed E-state index contributed by atoms with van der Waals surface area (Å²) in [7, 11) is 0. The number of rotatable bonds is 6. The lowest BCUT2D eigenvalue weighted by molar-refractivity contribution is -0.138. The fraction of sp³-hybridized carbons (Fsp3) is 0.938. The first-order valence-electron chi connectivity index (χ1n) is 7.92. The standard InChI is InChI=1S/C16H32N2O/c1-12(2)10-18(11-13(3)4)16(19)15-7-5-14(9-17)6-8-15/h12-15H,5-11,17H2,1-4H3. The SMILES string of the molecule is CC(C)CN(CC(C)C)C(=O)C1CCC(CN)CC1. The van der Waals surface area contributed by atoms with Gasteiger partial charge in [-0.15, -0.1) is 0 Å². The minimum absolute atomic E-state index is 0.250. The number of amides is 1. The van der Waals surface area contributed by atoms with Gasteiger partial charge in [0.15, 0.2) is 0 Å². The maximum absolute atomic E-state index is 12.7. The molecule has 1 aliphatic rings. The predicted molar refractivity (Wildman–Crippen MR) is 80.8 cm³/mol. The normalized spacial score (nSPS) is 23.9. The zero-order valence-corrected chi connectivity index (χ0v) is 13.2. The summed E-state index contributed by atoms with van der Waals surface area (Å²) in [6, 6.07) is 0. The molecule has 0 aromatic heterocycles. The summed E-state index contributed by atoms with van der Waals surface area (Å²) in [4.78, 5) is 14.8. The van der Waals surface area contributed by atoms with E-state index in [0.29, 0.717) is 23.7 Å². The van der Waals surface area contributed by atoms with Gasteiger partial charge in [0, 0.05) is 19.0 Å². The Hall–Kier alpha value is -0.570. The maximum atomic E-state index is 12.7. The average molecular weight is 268 g/mol. The minimum Gasteiger partial charge on any atom is -0.342 e. The highest BCUT2D eigenvalue weighted by Crippen LogP contribution is 2.29. The van der Waals surface area contributed by atoms with Crippen molar-refractivity contribution in [3.63, 3.8) is 0 Å². The summed E-state index contributed by atoms with van der Waals surface area (Å²) in [6.07, 6.45) is 4.33. The molecule has 19 heavy (non-hydrogen) atoms. The molecule has 1 fully saturated rings. The van der Waals surface area contributed by atoms with Crippen LogP contribution >= 0.6 is 0 Å². The molecule has 1 rings (SSSR count). The van der Waals surface area contributed by atoms with Crippen LogP contribution in [0.2, 0.25) is 0 Å². The molecular weight excluding hydrogens is 236 g/mol. The molecule has 0 heterocycles. The molecule has 3 nitrogen and oxygen atoms in total. The van der Waals surface area contributed by atoms with E-state index in [-0.39, 0.29) is 5.92 Å². The Balaban J connectivity index is 2.55. The van der Waals surface area contributed by atoms with Gasteiger partial charge in [0.2, 0.25) is 5.91 Å². The fourth-order valence-corrected chi connectivity index (χ4v) is 3.04. The Morgan fingerprint density at radius 3 is 1.89 bits per heavy atom. The van der Waals surface area contributed by atoms with Crippen molar-refractivity contribution in [2.45, 2.75) is 53.4 Å². The highest BCUT2D eigenvalue weighted by Gasteiger charge is 2.29. The molecule has 0 aromatic carbocycles. The van der Waals surface area contributed by atoms with Gasteiger partial charge in [-0.2, -0.15) is 0 Å². The second-order valence-corrected chi connectivity index (χ2v) is 6.98. The third-order valence-corrected chi connectivity index (χ3v) is 4.01. The second kappa shape index (κ2) is 7.88. The van der Waals surface area contributed by atoms with Gasteiger partial charge in [0.05, 0.1) is 0 Å². The zero-order chi connectivity index (χ0) is 14.4. The van der Waals surface area contributed by atoms with Crippen molar-refractivity contribution in [2.24, 2.45) is 29.4 Å². The average Bonchev–Trinajstić information content (AvgIpc) is 2.36. The molecule has 0 saturated heterocycles. The molecule has 0 radical (unpaired) electrons. The highest BCUT2D eigenvalue weighted by molar-refractivity contribution is 5.79. The van der Waals surface area contributed by atoms with Gasteiger partial charge in [-0.05, 0) is 50.0 Å². The monoisotopic (exact) mass is 268 g/mol. The molecule has 2 N–H and O–H groups in total. The Morgan fingerprint density at radius 2 is 1.53 bits per heavy atom. The van der Waals surface area contributed by atoms with E-state index < -0.39 is 0 Å². The lowest BCUT2D eigenvalue weighted by Gasteiger charge is -2.33. The quantitative estimate of drug-likeness (QED) is 0.805. The van der Waals surface area contributed by atoms with E-state index in [4.69, 9.17) is 5.73 Å². The molecule has 0 aliphatic heterocycles. The Labute approximate surface area is 118 Å². The summed E-state index contributed by atoms with van der Waals surface area (Å²) in [6.45, 7) is 11.3. The fourth-order valence-electron chi connectivity index (χ4n) is 3.04. The first-order valence-corrected chi connectivity index (χ1v) is 7.92. The largest absolute Gasteiger partial charge is 0.342 e. The Morgan fingerprint density at radius 1 is 1.05 bits per heavy atom. The highest BCUT2D eigenvalue weighted by atomic mass is 16.2. The van der Waals surface area contributed by atoms with Crippen LogP contribution in [-0.4, -0.2) is 30.4 Å². The van der Waals surface area contributed by atoms with Crippen molar-refractivity contribution >= 4 is 5.91 Å². The van der Waals surface area contributed by atoms with E-state index in [9.17, 15) is 4.79 Å². The van der Waals surface area contributed by atoms with Gasteiger partial charge in [-0.3, -0.25) is 4.79 Å². The molecule has 1 amide bonds. The van der Waals surface area contributed by atoms with E-state index in [2.05, 4.69) is 32.6 Å². The van der Waals surface area contributed by atoms with E-state index in [1.165, 1.54) is 0 Å². The maximum Gasteiger partial charge on any atom is 0.225 e. The van der Waals surface area contributed by atoms with Crippen LogP contribution < -0.4 is 5.73 Å². The third-order valence-electron chi connectivity index (χ3n) is 4.01. The minimum atomic E-state index is 0.250. The van der Waals surface area contributed by atoms with Crippen LogP contribution in [0.3, 0.4) is 0 Å². The van der Waals surface area contributed by atoms with Crippen LogP contribution in [0.25, 0.3) is 0 Å². The number of hydrogen-bond acceptors (Lipinski definition) is 2. The number of carbonyl (C=O) groups excluding carboxylic acids is 1. The van der Waals surface area contributed by atoms with Crippen molar-refractivity contribution in [1.29, 1.82) is 0 Å². The zero-order valence-electron chi connectivity index (χ0n) is 13.2. The summed E-state index contributed by atoms with van der Waals surface area (Å²) in [5.74, 6) is 2.37. The Kier molecular flexibility index (Phi) is 6.84. The van der Waals surface area contributed by atoms with Crippen molar-refractivity contribution in [2.75, 3.05) is 19.6 Å². The van der Waals surface area contributed by atoms with Crippen molar-refractivity contribution < 1.29 is 4.79 Å². The van der Waals surface area contributed by atoms with Gasteiger partial charge >= 0.3 is 0 Å². The van der Waals surface area contributed by atoms with E-state index in [1.54, 1.807) is 0 Å². The summed E-state index contributed by atoms with van der Waals surface area (Å²) in [5.41, 5.74) is 5.72. The molecular formula is C16H32N2O. The lowest BCUT2D eigenvalue weighted by Crippen LogP contribution is -2.42. The number of carbonyl (C=O) groups is 1. The van der Waals surface area contributed by atoms with Crippen molar-refractivity contribution in [3.8, 4) is 0 Å². The molecule has 0 unspecified atom stereocenters. The number of hydrogen-bond donors (Lipinski definition) is 1. The topological polar surface area (TPSA) is 46.3 Å². The van der Waals surface area contributed by atoms with Crippen LogP contribution in [-0.2, 0) is 4.79 Å². The van der Waals surface area contributed by atoms with Gasteiger partial charge in [-0.1, -0.05) is 27.7 Å².